The Morgan fingerprint density at radius 2 is 1.83 bits per heavy atom. The summed E-state index contributed by atoms with van der Waals surface area (Å²) < 4.78 is 44.1. The number of benzene rings is 2. The Labute approximate surface area is 170 Å². The standard InChI is InChI=1S/C20H20F3N3O4/c1-2-30-16-5-3-4-14(12-16)19(27)25-10-8-24(9-11-25)17-7-6-15(20(21,22)23)13-18(17)26(28)29/h3-7,12-13H,2,8-11H2,1H3. The van der Waals surface area contributed by atoms with Crippen molar-refractivity contribution in [1.29, 1.82) is 0 Å². The molecule has 1 fully saturated rings. The van der Waals surface area contributed by atoms with Crippen molar-refractivity contribution >= 4 is 17.3 Å². The average Bonchev–Trinajstić information content (AvgIpc) is 2.72. The lowest BCUT2D eigenvalue weighted by molar-refractivity contribution is -0.384. The molecule has 0 saturated carbocycles. The number of rotatable bonds is 5. The molecule has 30 heavy (non-hydrogen) atoms. The van der Waals surface area contributed by atoms with Crippen molar-refractivity contribution in [2.45, 2.75) is 13.1 Å². The highest BCUT2D eigenvalue weighted by molar-refractivity contribution is 5.94. The van der Waals surface area contributed by atoms with Gasteiger partial charge in [-0.3, -0.25) is 14.9 Å². The van der Waals surface area contributed by atoms with E-state index in [1.165, 1.54) is 0 Å². The molecule has 160 valence electrons. The third kappa shape index (κ3) is 4.64. The van der Waals surface area contributed by atoms with Crippen LogP contribution in [0.15, 0.2) is 42.5 Å². The normalized spacial score (nSPS) is 14.5. The van der Waals surface area contributed by atoms with Crippen LogP contribution in [0.2, 0.25) is 0 Å². The number of nitro benzene ring substituents is 1. The molecule has 2 aromatic rings. The number of hydrogen-bond acceptors (Lipinski definition) is 5. The number of halogens is 3. The summed E-state index contributed by atoms with van der Waals surface area (Å²) >= 11 is 0. The molecule has 3 rings (SSSR count). The summed E-state index contributed by atoms with van der Waals surface area (Å²) in [6, 6.07) is 9.30. The minimum atomic E-state index is -4.66. The van der Waals surface area contributed by atoms with Gasteiger partial charge in [0, 0.05) is 37.8 Å². The Hall–Kier alpha value is -3.30. The predicted molar refractivity (Wildman–Crippen MR) is 104 cm³/mol. The van der Waals surface area contributed by atoms with Crippen LogP contribution in [0, 0.1) is 10.1 Å². The molecule has 1 saturated heterocycles. The number of anilines is 1. The second-order valence-electron chi connectivity index (χ2n) is 6.70. The summed E-state index contributed by atoms with van der Waals surface area (Å²) in [6.07, 6.45) is -4.66. The molecule has 0 atom stereocenters. The number of carbonyl (C=O) groups excluding carboxylic acids is 1. The van der Waals surface area contributed by atoms with Gasteiger partial charge in [0.15, 0.2) is 0 Å². The molecule has 0 N–H and O–H groups in total. The fourth-order valence-electron chi connectivity index (χ4n) is 3.33. The number of nitro groups is 1. The second-order valence-corrected chi connectivity index (χ2v) is 6.70. The van der Waals surface area contributed by atoms with Gasteiger partial charge in [-0.15, -0.1) is 0 Å². The van der Waals surface area contributed by atoms with Crippen LogP contribution < -0.4 is 9.64 Å². The minimum Gasteiger partial charge on any atom is -0.494 e. The van der Waals surface area contributed by atoms with E-state index in [2.05, 4.69) is 0 Å². The summed E-state index contributed by atoms with van der Waals surface area (Å²) in [4.78, 5) is 26.5. The van der Waals surface area contributed by atoms with Crippen LogP contribution in [0.3, 0.4) is 0 Å². The number of ether oxygens (including phenoxy) is 1. The van der Waals surface area contributed by atoms with Crippen LogP contribution in [-0.2, 0) is 6.18 Å². The van der Waals surface area contributed by atoms with Gasteiger partial charge in [-0.2, -0.15) is 13.2 Å². The molecule has 1 aliphatic heterocycles. The van der Waals surface area contributed by atoms with Gasteiger partial charge in [0.25, 0.3) is 11.6 Å². The summed E-state index contributed by atoms with van der Waals surface area (Å²) in [7, 11) is 0. The van der Waals surface area contributed by atoms with Gasteiger partial charge >= 0.3 is 6.18 Å². The van der Waals surface area contributed by atoms with Gasteiger partial charge < -0.3 is 14.5 Å². The van der Waals surface area contributed by atoms with Crippen molar-refractivity contribution in [2.24, 2.45) is 0 Å². The van der Waals surface area contributed by atoms with Crippen LogP contribution in [0.1, 0.15) is 22.8 Å². The number of hydrogen-bond donors (Lipinski definition) is 0. The number of piperazine rings is 1. The maximum absolute atomic E-state index is 12.9. The number of amides is 1. The molecule has 10 heteroatoms. The SMILES string of the molecule is CCOc1cccc(C(=O)N2CCN(c3ccc(C(F)(F)F)cc3[N+](=O)[O-])CC2)c1. The van der Waals surface area contributed by atoms with Crippen molar-refractivity contribution in [1.82, 2.24) is 4.90 Å². The van der Waals surface area contributed by atoms with Crippen LogP contribution in [0.4, 0.5) is 24.5 Å². The lowest BCUT2D eigenvalue weighted by Gasteiger charge is -2.36. The topological polar surface area (TPSA) is 75.9 Å². The molecule has 1 heterocycles. The molecular weight excluding hydrogens is 403 g/mol. The van der Waals surface area contributed by atoms with E-state index in [-0.39, 0.29) is 37.8 Å². The van der Waals surface area contributed by atoms with E-state index in [4.69, 9.17) is 4.74 Å². The minimum absolute atomic E-state index is 0.110. The van der Waals surface area contributed by atoms with Gasteiger partial charge in [-0.1, -0.05) is 6.07 Å². The Morgan fingerprint density at radius 3 is 2.43 bits per heavy atom. The van der Waals surface area contributed by atoms with E-state index in [0.29, 0.717) is 24.0 Å². The first-order valence-electron chi connectivity index (χ1n) is 9.33. The van der Waals surface area contributed by atoms with Gasteiger partial charge in [0.05, 0.1) is 17.1 Å². The molecule has 0 radical (unpaired) electrons. The molecule has 0 aromatic heterocycles. The zero-order valence-electron chi connectivity index (χ0n) is 16.2. The summed E-state index contributed by atoms with van der Waals surface area (Å²) in [5.41, 5.74) is -1.09. The summed E-state index contributed by atoms with van der Waals surface area (Å²) in [6.45, 7) is 3.42. The van der Waals surface area contributed by atoms with Gasteiger partial charge in [0.2, 0.25) is 0 Å². The molecule has 0 bridgehead atoms. The van der Waals surface area contributed by atoms with Crippen molar-refractivity contribution in [3.05, 3.63) is 63.7 Å². The van der Waals surface area contributed by atoms with E-state index in [1.54, 1.807) is 34.1 Å². The van der Waals surface area contributed by atoms with Crippen LogP contribution >= 0.6 is 0 Å². The van der Waals surface area contributed by atoms with E-state index in [1.807, 2.05) is 6.92 Å². The monoisotopic (exact) mass is 423 g/mol. The third-order valence-electron chi connectivity index (χ3n) is 4.80. The molecule has 1 amide bonds. The van der Waals surface area contributed by atoms with Crippen molar-refractivity contribution < 1.29 is 27.6 Å². The van der Waals surface area contributed by atoms with Crippen molar-refractivity contribution in [3.63, 3.8) is 0 Å². The lowest BCUT2D eigenvalue weighted by atomic mass is 10.1. The molecule has 2 aromatic carbocycles. The van der Waals surface area contributed by atoms with Crippen LogP contribution in [0.25, 0.3) is 0 Å². The Balaban J connectivity index is 1.73. The number of nitrogens with zero attached hydrogens (tertiary/aromatic N) is 3. The molecule has 7 nitrogen and oxygen atoms in total. The van der Waals surface area contributed by atoms with Crippen molar-refractivity contribution in [2.75, 3.05) is 37.7 Å². The average molecular weight is 423 g/mol. The number of carbonyl (C=O) groups is 1. The van der Waals surface area contributed by atoms with Crippen LogP contribution in [-0.4, -0.2) is 48.5 Å². The zero-order chi connectivity index (χ0) is 21.9. The summed E-state index contributed by atoms with van der Waals surface area (Å²) in [5, 5.41) is 11.3. The molecule has 1 aliphatic rings. The maximum atomic E-state index is 12.9. The first-order valence-corrected chi connectivity index (χ1v) is 9.33. The Morgan fingerprint density at radius 1 is 1.13 bits per heavy atom. The Kier molecular flexibility index (Phi) is 6.14. The summed E-state index contributed by atoms with van der Waals surface area (Å²) in [5.74, 6) is 0.389. The second kappa shape index (κ2) is 8.60. The van der Waals surface area contributed by atoms with E-state index in [0.717, 1.165) is 12.1 Å². The lowest BCUT2D eigenvalue weighted by Crippen LogP contribution is -2.49. The highest BCUT2D eigenvalue weighted by Crippen LogP contribution is 2.36. The largest absolute Gasteiger partial charge is 0.494 e. The van der Waals surface area contributed by atoms with Gasteiger partial charge in [-0.05, 0) is 37.3 Å². The maximum Gasteiger partial charge on any atom is 0.416 e. The molecular formula is C20H20F3N3O4. The van der Waals surface area contributed by atoms with Crippen LogP contribution in [0.5, 0.6) is 5.75 Å². The smallest absolute Gasteiger partial charge is 0.416 e. The number of alkyl halides is 3. The Bertz CT molecular complexity index is 941. The van der Waals surface area contributed by atoms with Crippen molar-refractivity contribution in [3.8, 4) is 5.75 Å². The van der Waals surface area contributed by atoms with E-state index >= 15 is 0 Å². The first kappa shape index (κ1) is 21.4. The van der Waals surface area contributed by atoms with E-state index < -0.39 is 22.4 Å². The highest BCUT2D eigenvalue weighted by atomic mass is 19.4. The highest BCUT2D eigenvalue weighted by Gasteiger charge is 2.34. The fourth-order valence-corrected chi connectivity index (χ4v) is 3.33. The fraction of sp³-hybridized carbons (Fsp3) is 0.350. The van der Waals surface area contributed by atoms with E-state index in [9.17, 15) is 28.1 Å². The third-order valence-corrected chi connectivity index (χ3v) is 4.80. The molecule has 0 aliphatic carbocycles. The van der Waals surface area contributed by atoms with Gasteiger partial charge in [0.1, 0.15) is 11.4 Å². The quantitative estimate of drug-likeness (QED) is 0.537. The zero-order valence-corrected chi connectivity index (χ0v) is 16.2. The van der Waals surface area contributed by atoms with Gasteiger partial charge in [-0.25, -0.2) is 0 Å². The molecule has 0 unspecified atom stereocenters. The first-order chi connectivity index (χ1) is 14.2. The predicted octanol–water partition coefficient (Wildman–Crippen LogP) is 3.97. The molecule has 0 spiro atoms.